The van der Waals surface area contributed by atoms with Gasteiger partial charge in [-0.05, 0) is 0 Å². The summed E-state index contributed by atoms with van der Waals surface area (Å²) in [5.74, 6) is -5.01. The van der Waals surface area contributed by atoms with E-state index in [4.69, 9.17) is 0 Å². The van der Waals surface area contributed by atoms with Crippen LogP contribution >= 0.6 is 0 Å². The molecule has 0 saturated carbocycles. The fourth-order valence-electron chi connectivity index (χ4n) is 1.55. The third kappa shape index (κ3) is 2.59. The first-order valence-electron chi connectivity index (χ1n) is 4.62. The number of likely N-dealkylation sites (tertiary alicyclic amines) is 1. The van der Waals surface area contributed by atoms with Crippen molar-refractivity contribution in [1.29, 1.82) is 0 Å². The van der Waals surface area contributed by atoms with Crippen LogP contribution in [0.1, 0.15) is 13.3 Å². The van der Waals surface area contributed by atoms with E-state index in [0.717, 1.165) is 4.90 Å². The molecule has 0 radical (unpaired) electrons. The lowest BCUT2D eigenvalue weighted by molar-refractivity contribution is -0.178. The Hall–Kier alpha value is -1.40. The van der Waals surface area contributed by atoms with E-state index in [0.29, 0.717) is 0 Å². The van der Waals surface area contributed by atoms with Crippen molar-refractivity contribution >= 4 is 17.5 Å². The second-order valence-electron chi connectivity index (χ2n) is 3.60. The van der Waals surface area contributed by atoms with Gasteiger partial charge in [0, 0.05) is 26.4 Å². The van der Waals surface area contributed by atoms with Crippen molar-refractivity contribution in [1.82, 2.24) is 4.90 Å². The van der Waals surface area contributed by atoms with E-state index in [2.05, 4.69) is 0 Å². The molecule has 0 N–H and O–H groups in total. The van der Waals surface area contributed by atoms with E-state index in [1.807, 2.05) is 0 Å². The maximum Gasteiger partial charge on any atom is 0.450 e. The zero-order chi connectivity index (χ0) is 12.5. The van der Waals surface area contributed by atoms with Crippen LogP contribution in [0.3, 0.4) is 0 Å². The van der Waals surface area contributed by atoms with Crippen LogP contribution in [0, 0.1) is 5.92 Å². The molecule has 1 aliphatic heterocycles. The topological polar surface area (TPSA) is 54.5 Å². The second kappa shape index (κ2) is 4.23. The summed E-state index contributed by atoms with van der Waals surface area (Å²) < 4.78 is 36.4. The molecule has 0 aliphatic carbocycles. The third-order valence-corrected chi connectivity index (χ3v) is 2.46. The van der Waals surface area contributed by atoms with E-state index in [1.165, 1.54) is 6.92 Å². The molecule has 0 aromatic rings. The van der Waals surface area contributed by atoms with Gasteiger partial charge in [0.1, 0.15) is 11.7 Å². The van der Waals surface area contributed by atoms with Crippen LogP contribution in [0.2, 0.25) is 0 Å². The number of nitrogens with zero attached hydrogens (tertiary/aromatic N) is 1. The Balaban J connectivity index is 2.82. The number of piperidine rings is 1. The summed E-state index contributed by atoms with van der Waals surface area (Å²) in [6, 6.07) is 0. The molecule has 90 valence electrons. The van der Waals surface area contributed by atoms with Crippen molar-refractivity contribution in [3.63, 3.8) is 0 Å². The van der Waals surface area contributed by atoms with Gasteiger partial charge < -0.3 is 4.90 Å². The van der Waals surface area contributed by atoms with Gasteiger partial charge in [0.05, 0.1) is 0 Å². The number of Topliss-reactive ketones (excluding diaryl/α,β-unsaturated/α-hetero) is 2. The molecule has 1 unspecified atom stereocenters. The van der Waals surface area contributed by atoms with E-state index in [1.54, 1.807) is 0 Å². The van der Waals surface area contributed by atoms with Crippen molar-refractivity contribution < 1.29 is 27.6 Å². The number of carbonyl (C=O) groups excluding carboxylic acids is 3. The molecule has 1 atom stereocenters. The van der Waals surface area contributed by atoms with Crippen LogP contribution in [0.4, 0.5) is 13.2 Å². The number of hydrogen-bond acceptors (Lipinski definition) is 3. The number of halogens is 3. The molecule has 1 heterocycles. The second-order valence-corrected chi connectivity index (χ2v) is 3.60. The minimum atomic E-state index is -5.03. The Bertz CT molecular complexity index is 337. The molecule has 1 fully saturated rings. The SMILES string of the molecule is CC(=O)N1CCC(=O)C(C(=O)C(F)(F)F)C1. The first-order valence-corrected chi connectivity index (χ1v) is 4.62. The molecule has 0 spiro atoms. The van der Waals surface area contributed by atoms with Gasteiger partial charge in [-0.1, -0.05) is 0 Å². The van der Waals surface area contributed by atoms with Crippen molar-refractivity contribution in [3.05, 3.63) is 0 Å². The highest BCUT2D eigenvalue weighted by Crippen LogP contribution is 2.25. The molecule has 0 bridgehead atoms. The molecule has 1 aliphatic rings. The Kier molecular flexibility index (Phi) is 3.35. The Morgan fingerprint density at radius 2 is 1.94 bits per heavy atom. The van der Waals surface area contributed by atoms with E-state index >= 15 is 0 Å². The maximum atomic E-state index is 12.1. The molecule has 1 saturated heterocycles. The van der Waals surface area contributed by atoms with Gasteiger partial charge in [0.15, 0.2) is 0 Å². The fourth-order valence-corrected chi connectivity index (χ4v) is 1.55. The molecule has 4 nitrogen and oxygen atoms in total. The predicted molar refractivity (Wildman–Crippen MR) is 46.4 cm³/mol. The molecule has 16 heavy (non-hydrogen) atoms. The highest BCUT2D eigenvalue weighted by molar-refractivity contribution is 6.06. The van der Waals surface area contributed by atoms with Gasteiger partial charge in [-0.25, -0.2) is 0 Å². The lowest BCUT2D eigenvalue weighted by Crippen LogP contribution is -2.49. The highest BCUT2D eigenvalue weighted by Gasteiger charge is 2.47. The summed E-state index contributed by atoms with van der Waals surface area (Å²) in [5, 5.41) is 0. The quantitative estimate of drug-likeness (QED) is 0.626. The van der Waals surface area contributed by atoms with Gasteiger partial charge in [-0.15, -0.1) is 0 Å². The number of hydrogen-bond donors (Lipinski definition) is 0. The van der Waals surface area contributed by atoms with Crippen LogP contribution in [0.5, 0.6) is 0 Å². The summed E-state index contributed by atoms with van der Waals surface area (Å²) in [7, 11) is 0. The average molecular weight is 237 g/mol. The van der Waals surface area contributed by atoms with Crippen molar-refractivity contribution in [3.8, 4) is 0 Å². The average Bonchev–Trinajstić information content (AvgIpc) is 2.15. The van der Waals surface area contributed by atoms with Crippen LogP contribution in [-0.2, 0) is 14.4 Å². The summed E-state index contributed by atoms with van der Waals surface area (Å²) in [6.07, 6.45) is -5.23. The van der Waals surface area contributed by atoms with E-state index < -0.39 is 36.1 Å². The molecule has 1 rings (SSSR count). The van der Waals surface area contributed by atoms with Crippen LogP contribution in [0.25, 0.3) is 0 Å². The van der Waals surface area contributed by atoms with Gasteiger partial charge in [0.25, 0.3) is 0 Å². The van der Waals surface area contributed by atoms with Gasteiger partial charge in [0.2, 0.25) is 11.7 Å². The monoisotopic (exact) mass is 237 g/mol. The lowest BCUT2D eigenvalue weighted by atomic mass is 9.92. The number of rotatable bonds is 1. The summed E-state index contributed by atoms with van der Waals surface area (Å²) in [5.41, 5.74) is 0. The summed E-state index contributed by atoms with van der Waals surface area (Å²) >= 11 is 0. The molecule has 7 heteroatoms. The minimum absolute atomic E-state index is 0.0792. The smallest absolute Gasteiger partial charge is 0.341 e. The lowest BCUT2D eigenvalue weighted by Gasteiger charge is -2.30. The normalized spacial score (nSPS) is 22.1. The molecule has 0 aromatic carbocycles. The number of carbonyl (C=O) groups is 3. The van der Waals surface area contributed by atoms with E-state index in [9.17, 15) is 27.6 Å². The Morgan fingerprint density at radius 3 is 2.38 bits per heavy atom. The molecule has 0 aromatic heterocycles. The van der Waals surface area contributed by atoms with Crippen molar-refractivity contribution in [2.45, 2.75) is 19.5 Å². The first-order chi connectivity index (χ1) is 7.23. The molecular formula is C9H10F3NO3. The highest BCUT2D eigenvalue weighted by atomic mass is 19.4. The van der Waals surface area contributed by atoms with Gasteiger partial charge >= 0.3 is 6.18 Å². The first kappa shape index (κ1) is 12.7. The Labute approximate surface area is 89.4 Å². The predicted octanol–water partition coefficient (Wildman–Crippen LogP) is 0.555. The standard InChI is InChI=1S/C9H10F3NO3/c1-5(14)13-3-2-7(15)6(4-13)8(16)9(10,11)12/h6H,2-4H2,1H3. The maximum absolute atomic E-state index is 12.1. The van der Waals surface area contributed by atoms with E-state index in [-0.39, 0.29) is 13.0 Å². The fraction of sp³-hybridized carbons (Fsp3) is 0.667. The molecule has 1 amide bonds. The number of ketones is 2. The van der Waals surface area contributed by atoms with Gasteiger partial charge in [-0.2, -0.15) is 13.2 Å². The summed E-state index contributed by atoms with van der Waals surface area (Å²) in [6.45, 7) is 0.799. The summed E-state index contributed by atoms with van der Waals surface area (Å²) in [4.78, 5) is 34.1. The third-order valence-electron chi connectivity index (χ3n) is 2.46. The number of alkyl halides is 3. The van der Waals surface area contributed by atoms with Gasteiger partial charge in [-0.3, -0.25) is 14.4 Å². The molecular weight excluding hydrogens is 227 g/mol. The Morgan fingerprint density at radius 1 is 1.38 bits per heavy atom. The number of amides is 1. The van der Waals surface area contributed by atoms with Crippen molar-refractivity contribution in [2.75, 3.05) is 13.1 Å². The zero-order valence-corrected chi connectivity index (χ0v) is 8.50. The van der Waals surface area contributed by atoms with Crippen LogP contribution < -0.4 is 0 Å². The van der Waals surface area contributed by atoms with Crippen molar-refractivity contribution in [2.24, 2.45) is 5.92 Å². The largest absolute Gasteiger partial charge is 0.450 e. The van der Waals surface area contributed by atoms with Crippen LogP contribution in [0.15, 0.2) is 0 Å². The van der Waals surface area contributed by atoms with Crippen LogP contribution in [-0.4, -0.2) is 41.6 Å². The zero-order valence-electron chi connectivity index (χ0n) is 8.50. The minimum Gasteiger partial charge on any atom is -0.341 e.